The van der Waals surface area contributed by atoms with Crippen molar-refractivity contribution in [1.29, 1.82) is 0 Å². The lowest BCUT2D eigenvalue weighted by Gasteiger charge is -2.00. The molecule has 0 aromatic heterocycles. The van der Waals surface area contributed by atoms with Crippen LogP contribution in [0.4, 0.5) is 0 Å². The molecule has 0 atom stereocenters. The first-order chi connectivity index (χ1) is 4.81. The molecule has 1 heteroatoms. The largest absolute Gasteiger partial charge is 0.330 e. The van der Waals surface area contributed by atoms with Gasteiger partial charge in [0.05, 0.1) is 0 Å². The van der Waals surface area contributed by atoms with Crippen LogP contribution >= 0.6 is 0 Å². The van der Waals surface area contributed by atoms with Crippen molar-refractivity contribution in [2.75, 3.05) is 6.54 Å². The molecule has 0 rings (SSSR count). The standard InChI is InChI=1S/C9H17N/c1-3-4-6-9(2)7-5-8-10/h3H,1-2,4-8,10H2. The first-order valence-corrected chi connectivity index (χ1v) is 3.79. The third kappa shape index (κ3) is 5.57. The minimum Gasteiger partial charge on any atom is -0.330 e. The Bertz CT molecular complexity index is 105. The Morgan fingerprint density at radius 1 is 1.40 bits per heavy atom. The van der Waals surface area contributed by atoms with Crippen LogP contribution in [-0.4, -0.2) is 6.54 Å². The zero-order valence-electron chi connectivity index (χ0n) is 6.60. The molecule has 0 aromatic rings. The summed E-state index contributed by atoms with van der Waals surface area (Å²) in [5.41, 5.74) is 6.64. The second-order valence-electron chi connectivity index (χ2n) is 2.47. The van der Waals surface area contributed by atoms with Gasteiger partial charge in [-0.25, -0.2) is 0 Å². The molecule has 0 aromatic carbocycles. The van der Waals surface area contributed by atoms with Crippen LogP contribution < -0.4 is 5.73 Å². The van der Waals surface area contributed by atoms with Crippen LogP contribution in [0.5, 0.6) is 0 Å². The molecule has 0 spiro atoms. The number of nitrogens with two attached hydrogens (primary N) is 1. The summed E-state index contributed by atoms with van der Waals surface area (Å²) < 4.78 is 0. The molecule has 0 unspecified atom stereocenters. The lowest BCUT2D eigenvalue weighted by molar-refractivity contribution is 0.785. The molecular weight excluding hydrogens is 122 g/mol. The Kier molecular flexibility index (Phi) is 6.19. The smallest absolute Gasteiger partial charge is 0.00742 e. The van der Waals surface area contributed by atoms with Crippen molar-refractivity contribution in [3.63, 3.8) is 0 Å². The van der Waals surface area contributed by atoms with Gasteiger partial charge in [-0.2, -0.15) is 0 Å². The molecule has 0 saturated carbocycles. The molecule has 0 aliphatic rings. The summed E-state index contributed by atoms with van der Waals surface area (Å²) in [6.45, 7) is 8.34. The van der Waals surface area contributed by atoms with Gasteiger partial charge in [-0.3, -0.25) is 0 Å². The third-order valence-corrected chi connectivity index (χ3v) is 1.44. The maximum absolute atomic E-state index is 5.34. The summed E-state index contributed by atoms with van der Waals surface area (Å²) in [7, 11) is 0. The van der Waals surface area contributed by atoms with Crippen LogP contribution in [0.3, 0.4) is 0 Å². The molecule has 58 valence electrons. The second-order valence-corrected chi connectivity index (χ2v) is 2.47. The molecule has 1 nitrogen and oxygen atoms in total. The van der Waals surface area contributed by atoms with Crippen molar-refractivity contribution in [3.05, 3.63) is 24.8 Å². The topological polar surface area (TPSA) is 26.0 Å². The molecule has 0 heterocycles. The maximum atomic E-state index is 5.34. The number of allylic oxidation sites excluding steroid dienone is 2. The lowest BCUT2D eigenvalue weighted by Crippen LogP contribution is -1.98. The molecule has 0 saturated heterocycles. The van der Waals surface area contributed by atoms with E-state index in [0.717, 1.165) is 32.2 Å². The highest BCUT2D eigenvalue weighted by Crippen LogP contribution is 2.08. The molecule has 0 radical (unpaired) electrons. The van der Waals surface area contributed by atoms with Crippen LogP contribution in [0.15, 0.2) is 24.8 Å². The lowest BCUT2D eigenvalue weighted by atomic mass is 10.1. The van der Waals surface area contributed by atoms with E-state index < -0.39 is 0 Å². The van der Waals surface area contributed by atoms with Crippen molar-refractivity contribution in [2.45, 2.75) is 25.7 Å². The van der Waals surface area contributed by atoms with Gasteiger partial charge >= 0.3 is 0 Å². The quantitative estimate of drug-likeness (QED) is 0.561. The van der Waals surface area contributed by atoms with Crippen LogP contribution in [0.2, 0.25) is 0 Å². The van der Waals surface area contributed by atoms with Crippen molar-refractivity contribution >= 4 is 0 Å². The third-order valence-electron chi connectivity index (χ3n) is 1.44. The van der Waals surface area contributed by atoms with E-state index in [1.54, 1.807) is 0 Å². The van der Waals surface area contributed by atoms with E-state index in [2.05, 4.69) is 13.2 Å². The van der Waals surface area contributed by atoms with Crippen LogP contribution in [-0.2, 0) is 0 Å². The Morgan fingerprint density at radius 3 is 2.60 bits per heavy atom. The first-order valence-electron chi connectivity index (χ1n) is 3.79. The van der Waals surface area contributed by atoms with Gasteiger partial charge in [-0.05, 0) is 32.2 Å². The highest BCUT2D eigenvalue weighted by atomic mass is 14.5. The minimum absolute atomic E-state index is 0.771. The average Bonchev–Trinajstić information content (AvgIpc) is 1.97. The highest BCUT2D eigenvalue weighted by Gasteiger charge is 1.90. The molecule has 0 aliphatic carbocycles. The minimum atomic E-state index is 0.771. The highest BCUT2D eigenvalue weighted by molar-refractivity contribution is 4.95. The van der Waals surface area contributed by atoms with Crippen LogP contribution in [0.1, 0.15) is 25.7 Å². The van der Waals surface area contributed by atoms with Crippen molar-refractivity contribution in [3.8, 4) is 0 Å². The molecule has 2 N–H and O–H groups in total. The summed E-state index contributed by atoms with van der Waals surface area (Å²) in [5, 5.41) is 0. The van der Waals surface area contributed by atoms with Gasteiger partial charge in [-0.1, -0.05) is 18.2 Å². The summed E-state index contributed by atoms with van der Waals surface area (Å²) in [6, 6.07) is 0. The van der Waals surface area contributed by atoms with Gasteiger partial charge < -0.3 is 5.73 Å². The zero-order chi connectivity index (χ0) is 7.82. The number of rotatable bonds is 6. The summed E-state index contributed by atoms with van der Waals surface area (Å²) in [5.74, 6) is 0. The van der Waals surface area contributed by atoms with E-state index >= 15 is 0 Å². The van der Waals surface area contributed by atoms with Gasteiger partial charge in [0, 0.05) is 0 Å². The predicted octanol–water partition coefficient (Wildman–Crippen LogP) is 2.25. The predicted molar refractivity (Wildman–Crippen MR) is 46.9 cm³/mol. The van der Waals surface area contributed by atoms with Crippen molar-refractivity contribution < 1.29 is 0 Å². The van der Waals surface area contributed by atoms with Gasteiger partial charge in [0.1, 0.15) is 0 Å². The van der Waals surface area contributed by atoms with Crippen LogP contribution in [0, 0.1) is 0 Å². The molecular formula is C9H17N. The van der Waals surface area contributed by atoms with E-state index in [-0.39, 0.29) is 0 Å². The van der Waals surface area contributed by atoms with E-state index in [0.29, 0.717) is 0 Å². The fourth-order valence-electron chi connectivity index (χ4n) is 0.783. The summed E-state index contributed by atoms with van der Waals surface area (Å²) in [4.78, 5) is 0. The molecule has 10 heavy (non-hydrogen) atoms. The fraction of sp³-hybridized carbons (Fsp3) is 0.556. The molecule has 0 amide bonds. The van der Waals surface area contributed by atoms with E-state index in [1.165, 1.54) is 5.57 Å². The Balaban J connectivity index is 3.16. The monoisotopic (exact) mass is 139 g/mol. The van der Waals surface area contributed by atoms with E-state index in [9.17, 15) is 0 Å². The van der Waals surface area contributed by atoms with Crippen molar-refractivity contribution in [1.82, 2.24) is 0 Å². The Hall–Kier alpha value is -0.560. The van der Waals surface area contributed by atoms with Gasteiger partial charge in [0.15, 0.2) is 0 Å². The summed E-state index contributed by atoms with van der Waals surface area (Å²) in [6.07, 6.45) is 6.18. The fourth-order valence-corrected chi connectivity index (χ4v) is 0.783. The second kappa shape index (κ2) is 6.56. The van der Waals surface area contributed by atoms with Crippen molar-refractivity contribution in [2.24, 2.45) is 5.73 Å². The number of hydrogen-bond acceptors (Lipinski definition) is 1. The van der Waals surface area contributed by atoms with Crippen LogP contribution in [0.25, 0.3) is 0 Å². The molecule has 0 aliphatic heterocycles. The molecule has 0 bridgehead atoms. The number of hydrogen-bond donors (Lipinski definition) is 1. The molecule has 0 fully saturated rings. The van der Waals surface area contributed by atoms with Gasteiger partial charge in [0.25, 0.3) is 0 Å². The average molecular weight is 139 g/mol. The maximum Gasteiger partial charge on any atom is -0.00742 e. The summed E-state index contributed by atoms with van der Waals surface area (Å²) >= 11 is 0. The normalized spacial score (nSPS) is 9.30. The van der Waals surface area contributed by atoms with Gasteiger partial charge in [0.2, 0.25) is 0 Å². The van der Waals surface area contributed by atoms with Gasteiger partial charge in [-0.15, -0.1) is 6.58 Å². The Morgan fingerprint density at radius 2 is 2.10 bits per heavy atom. The first kappa shape index (κ1) is 9.44. The SMILES string of the molecule is C=CCCC(=C)CCCN. The van der Waals surface area contributed by atoms with E-state index in [4.69, 9.17) is 5.73 Å². The van der Waals surface area contributed by atoms with E-state index in [1.807, 2.05) is 6.08 Å². The zero-order valence-corrected chi connectivity index (χ0v) is 6.60. The Labute approximate surface area is 63.6 Å².